The smallest absolute Gasteiger partial charge is 0.358 e. The van der Waals surface area contributed by atoms with Gasteiger partial charge in [-0.1, -0.05) is 12.1 Å². The van der Waals surface area contributed by atoms with Gasteiger partial charge in [0.25, 0.3) is 11.8 Å². The number of hydrogen-bond acceptors (Lipinski definition) is 13. The summed E-state index contributed by atoms with van der Waals surface area (Å²) in [6.45, 7) is 1.29. The third-order valence-corrected chi connectivity index (χ3v) is 6.80. The summed E-state index contributed by atoms with van der Waals surface area (Å²) in [7, 11) is 1.45. The number of rotatable bonds is 10. The Labute approximate surface area is 202 Å². The van der Waals surface area contributed by atoms with Crippen LogP contribution in [0.5, 0.6) is 0 Å². The monoisotopic (exact) mass is 513 g/mol. The van der Waals surface area contributed by atoms with Gasteiger partial charge in [0, 0.05) is 24.7 Å². The molecular formula is C19H23N5O8S2. The SMILES string of the molecule is CCCC(=O)OCOC(=O)C1=C(COC)CS[C@@H]2C(NC(=O)C(=NO)c3csc(N)n3)C(=O)N12. The van der Waals surface area contributed by atoms with Crippen LogP contribution in [0.3, 0.4) is 0 Å². The van der Waals surface area contributed by atoms with Crippen LogP contribution in [0.2, 0.25) is 0 Å². The number of ether oxygens (including phenoxy) is 3. The Kier molecular flexibility index (Phi) is 8.46. The maximum absolute atomic E-state index is 12.9. The summed E-state index contributed by atoms with van der Waals surface area (Å²) < 4.78 is 15.0. The maximum Gasteiger partial charge on any atom is 0.358 e. The molecule has 184 valence electrons. The predicted molar refractivity (Wildman–Crippen MR) is 121 cm³/mol. The number of anilines is 1. The van der Waals surface area contributed by atoms with Crippen molar-refractivity contribution in [1.29, 1.82) is 0 Å². The van der Waals surface area contributed by atoms with Crippen molar-refractivity contribution in [1.82, 2.24) is 15.2 Å². The zero-order valence-electron chi connectivity index (χ0n) is 18.3. The van der Waals surface area contributed by atoms with Crippen LogP contribution in [0.25, 0.3) is 0 Å². The van der Waals surface area contributed by atoms with Gasteiger partial charge in [-0.15, -0.1) is 23.1 Å². The summed E-state index contributed by atoms with van der Waals surface area (Å²) in [5, 5.41) is 15.7. The lowest BCUT2D eigenvalue weighted by Crippen LogP contribution is -2.71. The third kappa shape index (κ3) is 5.31. The Bertz CT molecular complexity index is 1040. The summed E-state index contributed by atoms with van der Waals surface area (Å²) in [6, 6.07) is -0.987. The molecular weight excluding hydrogens is 490 g/mol. The van der Waals surface area contributed by atoms with Gasteiger partial charge in [0.1, 0.15) is 22.8 Å². The number of oxime groups is 1. The lowest BCUT2D eigenvalue weighted by atomic mass is 10.0. The fraction of sp³-hybridized carbons (Fsp3) is 0.474. The lowest BCUT2D eigenvalue weighted by molar-refractivity contribution is -0.168. The second kappa shape index (κ2) is 11.3. The van der Waals surface area contributed by atoms with E-state index < -0.39 is 47.7 Å². The maximum atomic E-state index is 12.9. The van der Waals surface area contributed by atoms with E-state index in [2.05, 4.69) is 15.5 Å². The molecule has 0 saturated carbocycles. The van der Waals surface area contributed by atoms with Crippen molar-refractivity contribution >= 4 is 57.7 Å². The Balaban J connectivity index is 1.70. The molecule has 2 atom stereocenters. The fourth-order valence-electron chi connectivity index (χ4n) is 3.27. The number of β-lactam (4-membered cyclic amide) rings is 1. The highest BCUT2D eigenvalue weighted by Gasteiger charge is 2.54. The van der Waals surface area contributed by atoms with Crippen LogP contribution in [-0.4, -0.2) is 82.2 Å². The van der Waals surface area contributed by atoms with Gasteiger partial charge in [0.15, 0.2) is 10.8 Å². The molecule has 2 amide bonds. The van der Waals surface area contributed by atoms with Crippen molar-refractivity contribution in [3.05, 3.63) is 22.3 Å². The van der Waals surface area contributed by atoms with Gasteiger partial charge < -0.3 is 30.5 Å². The zero-order valence-corrected chi connectivity index (χ0v) is 19.9. The van der Waals surface area contributed by atoms with Gasteiger partial charge in [-0.25, -0.2) is 9.78 Å². The highest BCUT2D eigenvalue weighted by Crippen LogP contribution is 2.40. The summed E-state index contributed by atoms with van der Waals surface area (Å²) in [6.07, 6.45) is 0.773. The number of esters is 2. The molecule has 13 nitrogen and oxygen atoms in total. The van der Waals surface area contributed by atoms with Crippen molar-refractivity contribution in [2.24, 2.45) is 5.16 Å². The minimum Gasteiger partial charge on any atom is -0.428 e. The van der Waals surface area contributed by atoms with Gasteiger partial charge in [0.2, 0.25) is 6.79 Å². The van der Waals surface area contributed by atoms with Crippen LogP contribution in [0, 0.1) is 0 Å². The van der Waals surface area contributed by atoms with Crippen LogP contribution in [0.15, 0.2) is 21.8 Å². The molecule has 4 N–H and O–H groups in total. The number of nitrogen functional groups attached to an aromatic ring is 1. The number of nitrogens with one attached hydrogen (secondary N) is 1. The summed E-state index contributed by atoms with van der Waals surface area (Å²) in [5.74, 6) is -2.42. The number of amides is 2. The van der Waals surface area contributed by atoms with Gasteiger partial charge in [-0.05, 0) is 12.0 Å². The van der Waals surface area contributed by atoms with E-state index in [1.807, 2.05) is 0 Å². The number of carbonyl (C=O) groups excluding carboxylic acids is 4. The highest BCUT2D eigenvalue weighted by atomic mass is 32.2. The largest absolute Gasteiger partial charge is 0.428 e. The molecule has 0 bridgehead atoms. The predicted octanol–water partition coefficient (Wildman–Crippen LogP) is 0.0480. The number of thioether (sulfide) groups is 1. The standard InChI is InChI=1S/C19H23N5O8S2/c1-3-4-11(25)31-8-32-18(28)14-9(5-30-2)6-33-17-13(16(27)24(14)17)22-15(26)12(23-29)10-7-34-19(20)21-10/h7,13,17,29H,3-6,8H2,1-2H3,(H2,20,21)(H,22,26)/t13?,17-/m1/s1. The molecule has 0 spiro atoms. The van der Waals surface area contributed by atoms with Crippen LogP contribution < -0.4 is 11.1 Å². The van der Waals surface area contributed by atoms with Crippen LogP contribution in [-0.2, 0) is 33.4 Å². The molecule has 0 aromatic carbocycles. The Morgan fingerprint density at radius 3 is 2.76 bits per heavy atom. The molecule has 1 aromatic heterocycles. The normalized spacial score (nSPS) is 19.9. The van der Waals surface area contributed by atoms with Crippen molar-refractivity contribution in [3.8, 4) is 0 Å². The number of nitrogens with zero attached hydrogens (tertiary/aromatic N) is 3. The molecule has 3 rings (SSSR count). The Morgan fingerprint density at radius 1 is 1.38 bits per heavy atom. The number of fused-ring (bicyclic) bond motifs is 1. The number of nitrogens with two attached hydrogens (primary N) is 1. The summed E-state index contributed by atoms with van der Waals surface area (Å²) >= 11 is 2.37. The van der Waals surface area contributed by atoms with E-state index in [1.165, 1.54) is 29.2 Å². The van der Waals surface area contributed by atoms with E-state index in [1.54, 1.807) is 6.92 Å². The first-order valence-electron chi connectivity index (χ1n) is 10.0. The minimum atomic E-state index is -0.987. The molecule has 2 aliphatic heterocycles. The number of carbonyl (C=O) groups is 4. The molecule has 34 heavy (non-hydrogen) atoms. The first kappa shape index (κ1) is 25.5. The van der Waals surface area contributed by atoms with E-state index in [4.69, 9.17) is 19.9 Å². The molecule has 1 unspecified atom stereocenters. The molecule has 1 saturated heterocycles. The topological polar surface area (TPSA) is 183 Å². The van der Waals surface area contributed by atoms with Gasteiger partial charge in [-0.2, -0.15) is 0 Å². The average molecular weight is 514 g/mol. The second-order valence-electron chi connectivity index (χ2n) is 7.08. The van der Waals surface area contributed by atoms with Gasteiger partial charge in [0.05, 0.1) is 6.61 Å². The Morgan fingerprint density at radius 2 is 2.15 bits per heavy atom. The van der Waals surface area contributed by atoms with Crippen LogP contribution in [0.1, 0.15) is 25.5 Å². The third-order valence-electron chi connectivity index (χ3n) is 4.79. The van der Waals surface area contributed by atoms with E-state index >= 15 is 0 Å². The Hall–Kier alpha value is -3.17. The van der Waals surface area contributed by atoms with E-state index in [0.717, 1.165) is 11.3 Å². The lowest BCUT2D eigenvalue weighted by Gasteiger charge is -2.49. The average Bonchev–Trinajstić information content (AvgIpc) is 3.23. The first-order valence-corrected chi connectivity index (χ1v) is 12.0. The molecule has 0 aliphatic carbocycles. The van der Waals surface area contributed by atoms with E-state index in [0.29, 0.717) is 17.7 Å². The quantitative estimate of drug-likeness (QED) is 0.0959. The number of aromatic nitrogens is 1. The van der Waals surface area contributed by atoms with Crippen molar-refractivity contribution in [3.63, 3.8) is 0 Å². The van der Waals surface area contributed by atoms with Crippen molar-refractivity contribution in [2.45, 2.75) is 31.2 Å². The summed E-state index contributed by atoms with van der Waals surface area (Å²) in [4.78, 5) is 54.9. The highest BCUT2D eigenvalue weighted by molar-refractivity contribution is 8.00. The molecule has 2 aliphatic rings. The molecule has 1 fully saturated rings. The molecule has 0 radical (unpaired) electrons. The van der Waals surface area contributed by atoms with E-state index in [9.17, 15) is 24.4 Å². The zero-order chi connectivity index (χ0) is 24.8. The molecule has 3 heterocycles. The second-order valence-corrected chi connectivity index (χ2v) is 9.08. The number of hydrogen-bond donors (Lipinski definition) is 3. The number of thiazole rings is 1. The van der Waals surface area contributed by atoms with Gasteiger partial charge >= 0.3 is 11.9 Å². The fourth-order valence-corrected chi connectivity index (χ4v) is 5.14. The molecule has 1 aromatic rings. The first-order chi connectivity index (χ1) is 16.3. The van der Waals surface area contributed by atoms with Crippen LogP contribution in [0.4, 0.5) is 5.13 Å². The van der Waals surface area contributed by atoms with Crippen LogP contribution >= 0.6 is 23.1 Å². The summed E-state index contributed by atoms with van der Waals surface area (Å²) in [5.41, 5.74) is 5.72. The van der Waals surface area contributed by atoms with Crippen molar-refractivity contribution in [2.75, 3.05) is 32.0 Å². The number of methoxy groups -OCH3 is 1. The van der Waals surface area contributed by atoms with Crippen molar-refractivity contribution < 1.29 is 38.6 Å². The van der Waals surface area contributed by atoms with E-state index in [-0.39, 0.29) is 29.6 Å². The minimum absolute atomic E-state index is 0.0176. The molecule has 15 heteroatoms. The van der Waals surface area contributed by atoms with Gasteiger partial charge in [-0.3, -0.25) is 19.3 Å².